The number of anilines is 1. The molecule has 0 aliphatic heterocycles. The van der Waals surface area contributed by atoms with Gasteiger partial charge in [-0.15, -0.1) is 0 Å². The van der Waals surface area contributed by atoms with E-state index < -0.39 is 12.1 Å². The lowest BCUT2D eigenvalue weighted by molar-refractivity contribution is 0.0698. The minimum absolute atomic E-state index is 0.0426. The molecule has 0 saturated carbocycles. The van der Waals surface area contributed by atoms with Crippen molar-refractivity contribution in [3.05, 3.63) is 82.4 Å². The summed E-state index contributed by atoms with van der Waals surface area (Å²) in [5.41, 5.74) is 4.31. The Morgan fingerprint density at radius 1 is 1.03 bits per heavy atom. The molecule has 0 radical (unpaired) electrons. The average molecular weight is 424 g/mol. The van der Waals surface area contributed by atoms with Crippen LogP contribution in [0.4, 0.5) is 10.5 Å². The maximum atomic E-state index is 12.5. The molecule has 1 aliphatic rings. The van der Waals surface area contributed by atoms with Crippen LogP contribution in [0.2, 0.25) is 5.02 Å². The molecule has 0 atom stereocenters. The van der Waals surface area contributed by atoms with E-state index in [1.807, 2.05) is 48.5 Å². The Morgan fingerprint density at radius 3 is 2.20 bits per heavy atom. The first-order chi connectivity index (χ1) is 14.5. The molecule has 0 aromatic heterocycles. The third-order valence-corrected chi connectivity index (χ3v) is 5.40. The van der Waals surface area contributed by atoms with Gasteiger partial charge in [-0.25, -0.2) is 9.59 Å². The number of halogens is 1. The van der Waals surface area contributed by atoms with E-state index in [-0.39, 0.29) is 34.5 Å². The van der Waals surface area contributed by atoms with Gasteiger partial charge in [0.25, 0.3) is 0 Å². The van der Waals surface area contributed by atoms with E-state index >= 15 is 0 Å². The molecule has 7 heteroatoms. The van der Waals surface area contributed by atoms with E-state index in [0.717, 1.165) is 22.3 Å². The van der Waals surface area contributed by atoms with Crippen LogP contribution in [0.1, 0.15) is 27.4 Å². The molecule has 30 heavy (non-hydrogen) atoms. The van der Waals surface area contributed by atoms with E-state index in [1.165, 1.54) is 19.2 Å². The van der Waals surface area contributed by atoms with E-state index in [0.29, 0.717) is 0 Å². The average Bonchev–Trinajstić information content (AvgIpc) is 3.07. The predicted molar refractivity (Wildman–Crippen MR) is 114 cm³/mol. The van der Waals surface area contributed by atoms with Crippen molar-refractivity contribution in [2.75, 3.05) is 19.0 Å². The van der Waals surface area contributed by atoms with Crippen LogP contribution in [0.5, 0.6) is 5.75 Å². The van der Waals surface area contributed by atoms with Crippen LogP contribution in [0, 0.1) is 0 Å². The molecule has 4 rings (SSSR count). The van der Waals surface area contributed by atoms with Gasteiger partial charge in [0.1, 0.15) is 12.4 Å². The third kappa shape index (κ3) is 3.57. The zero-order valence-electron chi connectivity index (χ0n) is 16.0. The Bertz CT molecular complexity index is 1100. The maximum absolute atomic E-state index is 12.5. The second-order valence-electron chi connectivity index (χ2n) is 6.79. The van der Waals surface area contributed by atoms with Gasteiger partial charge in [-0.2, -0.15) is 0 Å². The van der Waals surface area contributed by atoms with Crippen molar-refractivity contribution in [2.24, 2.45) is 0 Å². The van der Waals surface area contributed by atoms with Crippen LogP contribution in [0.15, 0.2) is 60.7 Å². The number of hydrogen-bond donors (Lipinski definition) is 2. The molecule has 0 bridgehead atoms. The smallest absolute Gasteiger partial charge is 0.411 e. The molecule has 0 unspecified atom stereocenters. The van der Waals surface area contributed by atoms with Gasteiger partial charge in [0.05, 0.1) is 23.4 Å². The molecule has 6 nitrogen and oxygen atoms in total. The standard InChI is InChI=1S/C23H18ClNO5/c1-29-21-11-20(17(22(26)27)10-19(21)24)25-23(28)30-12-18-15-8-4-2-6-13(15)14-7-3-5-9-16(14)18/h2-11,18H,12H2,1H3,(H,25,28)(H,26,27). The molecular formula is C23H18ClNO5. The first-order valence-corrected chi connectivity index (χ1v) is 9.60. The van der Waals surface area contributed by atoms with Crippen molar-refractivity contribution in [3.63, 3.8) is 0 Å². The van der Waals surface area contributed by atoms with Crippen LogP contribution in [0.3, 0.4) is 0 Å². The number of ether oxygens (including phenoxy) is 2. The zero-order chi connectivity index (χ0) is 21.3. The van der Waals surface area contributed by atoms with Gasteiger partial charge < -0.3 is 14.6 Å². The largest absolute Gasteiger partial charge is 0.495 e. The lowest BCUT2D eigenvalue weighted by atomic mass is 9.98. The Balaban J connectivity index is 1.53. The monoisotopic (exact) mass is 423 g/mol. The van der Waals surface area contributed by atoms with Crippen LogP contribution < -0.4 is 10.1 Å². The quantitative estimate of drug-likeness (QED) is 0.573. The Labute approximate surface area is 178 Å². The number of carbonyl (C=O) groups excluding carboxylic acids is 1. The van der Waals surface area contributed by atoms with Gasteiger partial charge in [-0.1, -0.05) is 60.1 Å². The van der Waals surface area contributed by atoms with Crippen molar-refractivity contribution in [3.8, 4) is 16.9 Å². The van der Waals surface area contributed by atoms with Crippen LogP contribution in [-0.2, 0) is 4.74 Å². The van der Waals surface area contributed by atoms with Gasteiger partial charge >= 0.3 is 12.1 Å². The number of benzene rings is 3. The summed E-state index contributed by atoms with van der Waals surface area (Å²) < 4.78 is 10.6. The van der Waals surface area contributed by atoms with Gasteiger partial charge in [0, 0.05) is 12.0 Å². The van der Waals surface area contributed by atoms with Crippen LogP contribution in [-0.4, -0.2) is 30.9 Å². The Morgan fingerprint density at radius 2 is 1.63 bits per heavy atom. The zero-order valence-corrected chi connectivity index (χ0v) is 16.8. The molecule has 1 aliphatic carbocycles. The van der Waals surface area contributed by atoms with E-state index in [9.17, 15) is 14.7 Å². The Hall–Kier alpha value is -3.51. The molecule has 0 spiro atoms. The summed E-state index contributed by atoms with van der Waals surface area (Å²) in [4.78, 5) is 24.0. The normalized spacial score (nSPS) is 12.1. The van der Waals surface area contributed by atoms with Crippen LogP contribution in [0.25, 0.3) is 11.1 Å². The number of carboxylic acid groups (broad SMARTS) is 1. The number of carboxylic acids is 1. The number of rotatable bonds is 5. The maximum Gasteiger partial charge on any atom is 0.411 e. The summed E-state index contributed by atoms with van der Waals surface area (Å²) >= 11 is 5.99. The predicted octanol–water partition coefficient (Wildman–Crippen LogP) is 5.41. The molecule has 0 heterocycles. The topological polar surface area (TPSA) is 84.9 Å². The van der Waals surface area contributed by atoms with Crippen molar-refractivity contribution in [2.45, 2.75) is 5.92 Å². The van der Waals surface area contributed by atoms with Gasteiger partial charge in [-0.3, -0.25) is 5.32 Å². The fourth-order valence-electron chi connectivity index (χ4n) is 3.73. The van der Waals surface area contributed by atoms with E-state index in [4.69, 9.17) is 21.1 Å². The van der Waals surface area contributed by atoms with Crippen LogP contribution >= 0.6 is 11.6 Å². The molecule has 3 aromatic rings. The van der Waals surface area contributed by atoms with E-state index in [1.54, 1.807) is 0 Å². The SMILES string of the molecule is COc1cc(NC(=O)OCC2c3ccccc3-c3ccccc32)c(C(=O)O)cc1Cl. The molecule has 152 valence electrons. The molecule has 1 amide bonds. The fourth-order valence-corrected chi connectivity index (χ4v) is 3.98. The summed E-state index contributed by atoms with van der Waals surface area (Å²) in [7, 11) is 1.40. The lowest BCUT2D eigenvalue weighted by Gasteiger charge is -2.16. The summed E-state index contributed by atoms with van der Waals surface area (Å²) in [6.45, 7) is 0.118. The molecule has 0 fully saturated rings. The molecular weight excluding hydrogens is 406 g/mol. The highest BCUT2D eigenvalue weighted by Gasteiger charge is 2.29. The second-order valence-corrected chi connectivity index (χ2v) is 7.20. The van der Waals surface area contributed by atoms with Gasteiger partial charge in [-0.05, 0) is 28.3 Å². The first kappa shape index (κ1) is 19.8. The Kier molecular flexibility index (Phi) is 5.33. The fraction of sp³-hybridized carbons (Fsp3) is 0.130. The van der Waals surface area contributed by atoms with E-state index in [2.05, 4.69) is 5.32 Å². The van der Waals surface area contributed by atoms with Gasteiger partial charge in [0.15, 0.2) is 0 Å². The summed E-state index contributed by atoms with van der Waals surface area (Å²) in [5, 5.41) is 12.0. The highest BCUT2D eigenvalue weighted by molar-refractivity contribution is 6.32. The number of amides is 1. The molecule has 2 N–H and O–H groups in total. The third-order valence-electron chi connectivity index (χ3n) is 5.10. The molecule has 0 saturated heterocycles. The molecule has 3 aromatic carbocycles. The van der Waals surface area contributed by atoms with Crippen molar-refractivity contribution < 1.29 is 24.2 Å². The number of methoxy groups -OCH3 is 1. The minimum Gasteiger partial charge on any atom is -0.495 e. The second kappa shape index (κ2) is 8.08. The first-order valence-electron chi connectivity index (χ1n) is 9.22. The lowest BCUT2D eigenvalue weighted by Crippen LogP contribution is -2.19. The number of carbonyl (C=O) groups is 2. The minimum atomic E-state index is -1.23. The highest BCUT2D eigenvalue weighted by atomic mass is 35.5. The van der Waals surface area contributed by atoms with Gasteiger partial charge in [0.2, 0.25) is 0 Å². The summed E-state index contributed by atoms with van der Waals surface area (Å²) in [6.07, 6.45) is -0.760. The number of hydrogen-bond acceptors (Lipinski definition) is 4. The summed E-state index contributed by atoms with van der Waals surface area (Å²) in [5.74, 6) is -1.08. The number of nitrogens with one attached hydrogen (secondary N) is 1. The van der Waals surface area contributed by atoms with Crippen molar-refractivity contribution >= 4 is 29.4 Å². The number of fused-ring (bicyclic) bond motifs is 3. The van der Waals surface area contributed by atoms with Crippen molar-refractivity contribution in [1.82, 2.24) is 0 Å². The highest BCUT2D eigenvalue weighted by Crippen LogP contribution is 2.44. The number of aromatic carboxylic acids is 1. The van der Waals surface area contributed by atoms with Crippen molar-refractivity contribution in [1.29, 1.82) is 0 Å². The summed E-state index contributed by atoms with van der Waals surface area (Å²) in [6, 6.07) is 18.6.